The summed E-state index contributed by atoms with van der Waals surface area (Å²) in [6, 6.07) is 0. The molecule has 1 aromatic heterocycles. The zero-order valence-corrected chi connectivity index (χ0v) is 5.58. The van der Waals surface area contributed by atoms with Crippen molar-refractivity contribution in [3.63, 3.8) is 0 Å². The average molecular weight is 142 g/mol. The number of hydrogen-bond donors (Lipinski definition) is 2. The molecule has 0 aromatic carbocycles. The Labute approximate surface area is 58.6 Å². The summed E-state index contributed by atoms with van der Waals surface area (Å²) in [5, 5.41) is 6.63. The molecule has 0 saturated carbocycles. The first kappa shape index (κ1) is 7.17. The lowest BCUT2D eigenvalue weighted by Gasteiger charge is -1.95. The number of nitrogens with one attached hydrogen (secondary N) is 1. The van der Waals surface area contributed by atoms with Crippen LogP contribution in [0.15, 0.2) is 10.9 Å². The molecule has 0 atom stereocenters. The molecule has 1 heterocycles. The molecule has 0 saturated heterocycles. The summed E-state index contributed by atoms with van der Waals surface area (Å²) in [5.41, 5.74) is 5.24. The van der Waals surface area contributed by atoms with Gasteiger partial charge in [-0.1, -0.05) is 5.16 Å². The highest BCUT2D eigenvalue weighted by Crippen LogP contribution is 1.84. The molecule has 3 N–H and O–H groups in total. The van der Waals surface area contributed by atoms with Gasteiger partial charge in [0, 0.05) is 13.1 Å². The van der Waals surface area contributed by atoms with Crippen molar-refractivity contribution < 1.29 is 4.52 Å². The van der Waals surface area contributed by atoms with E-state index in [4.69, 9.17) is 5.73 Å². The summed E-state index contributed by atoms with van der Waals surface area (Å²) in [7, 11) is 0. The maximum absolute atomic E-state index is 5.24. The fourth-order valence-corrected chi connectivity index (χ4v) is 0.573. The molecule has 0 aliphatic heterocycles. The van der Waals surface area contributed by atoms with Crippen LogP contribution >= 0.6 is 0 Å². The highest BCUT2D eigenvalue weighted by molar-refractivity contribution is 4.75. The van der Waals surface area contributed by atoms with Crippen LogP contribution in [-0.4, -0.2) is 23.2 Å². The standard InChI is InChI=1S/C5H10N4O/c6-1-2-7-3-5-8-4-10-9-5/h4,7H,1-3,6H2. The van der Waals surface area contributed by atoms with Crippen LogP contribution in [0, 0.1) is 0 Å². The first-order chi connectivity index (χ1) is 4.93. The van der Waals surface area contributed by atoms with Crippen LogP contribution in [0.25, 0.3) is 0 Å². The number of hydrogen-bond acceptors (Lipinski definition) is 5. The van der Waals surface area contributed by atoms with Crippen molar-refractivity contribution in [3.8, 4) is 0 Å². The summed E-state index contributed by atoms with van der Waals surface area (Å²) in [6.45, 7) is 2.01. The molecule has 0 amide bonds. The highest BCUT2D eigenvalue weighted by Gasteiger charge is 1.94. The minimum absolute atomic E-state index is 0.619. The Kier molecular flexibility index (Phi) is 2.85. The molecular formula is C5H10N4O. The Morgan fingerprint density at radius 2 is 2.60 bits per heavy atom. The van der Waals surface area contributed by atoms with E-state index in [1.165, 1.54) is 6.39 Å². The Morgan fingerprint density at radius 1 is 1.70 bits per heavy atom. The monoisotopic (exact) mass is 142 g/mol. The van der Waals surface area contributed by atoms with Gasteiger partial charge in [0.25, 0.3) is 0 Å². The summed E-state index contributed by atoms with van der Waals surface area (Å²) >= 11 is 0. The zero-order chi connectivity index (χ0) is 7.23. The second-order valence-corrected chi connectivity index (χ2v) is 1.81. The molecule has 1 aromatic rings. The number of nitrogens with zero attached hydrogens (tertiary/aromatic N) is 2. The van der Waals surface area contributed by atoms with Crippen LogP contribution < -0.4 is 11.1 Å². The molecule has 0 aliphatic carbocycles. The summed E-state index contributed by atoms with van der Waals surface area (Å²) in [5.74, 6) is 0.661. The van der Waals surface area contributed by atoms with Gasteiger partial charge in [-0.25, -0.2) is 0 Å². The van der Waals surface area contributed by atoms with E-state index in [1.807, 2.05) is 0 Å². The van der Waals surface area contributed by atoms with Crippen molar-refractivity contribution in [2.75, 3.05) is 13.1 Å². The van der Waals surface area contributed by atoms with Crippen LogP contribution in [-0.2, 0) is 6.54 Å². The van der Waals surface area contributed by atoms with Crippen LogP contribution in [0.3, 0.4) is 0 Å². The van der Waals surface area contributed by atoms with Crippen molar-refractivity contribution in [2.45, 2.75) is 6.54 Å². The van der Waals surface area contributed by atoms with Gasteiger partial charge in [0.05, 0.1) is 6.54 Å². The normalized spacial score (nSPS) is 10.1. The predicted octanol–water partition coefficient (Wildman–Crippen LogP) is -0.882. The largest absolute Gasteiger partial charge is 0.343 e. The summed E-state index contributed by atoms with van der Waals surface area (Å²) < 4.78 is 4.51. The van der Waals surface area contributed by atoms with E-state index in [2.05, 4.69) is 20.0 Å². The molecule has 1 rings (SSSR count). The third kappa shape index (κ3) is 2.12. The highest BCUT2D eigenvalue weighted by atomic mass is 16.5. The average Bonchev–Trinajstić information content (AvgIpc) is 2.41. The van der Waals surface area contributed by atoms with Crippen molar-refractivity contribution >= 4 is 0 Å². The number of nitrogens with two attached hydrogens (primary N) is 1. The lowest BCUT2D eigenvalue weighted by Crippen LogP contribution is -2.22. The van der Waals surface area contributed by atoms with Crippen molar-refractivity contribution in [1.29, 1.82) is 0 Å². The van der Waals surface area contributed by atoms with E-state index in [-0.39, 0.29) is 0 Å². The molecular weight excluding hydrogens is 132 g/mol. The Morgan fingerprint density at radius 3 is 3.20 bits per heavy atom. The Hall–Kier alpha value is -0.940. The minimum Gasteiger partial charge on any atom is -0.343 e. The fraction of sp³-hybridized carbons (Fsp3) is 0.600. The van der Waals surface area contributed by atoms with Crippen LogP contribution in [0.5, 0.6) is 0 Å². The van der Waals surface area contributed by atoms with Crippen LogP contribution in [0.1, 0.15) is 5.82 Å². The predicted molar refractivity (Wildman–Crippen MR) is 35.1 cm³/mol. The van der Waals surface area contributed by atoms with E-state index >= 15 is 0 Å². The molecule has 56 valence electrons. The SMILES string of the molecule is NCCNCc1ncon1. The van der Waals surface area contributed by atoms with Crippen molar-refractivity contribution in [3.05, 3.63) is 12.2 Å². The van der Waals surface area contributed by atoms with Gasteiger partial charge in [-0.05, 0) is 0 Å². The summed E-state index contributed by atoms with van der Waals surface area (Å²) in [4.78, 5) is 3.81. The van der Waals surface area contributed by atoms with Gasteiger partial charge < -0.3 is 15.6 Å². The van der Waals surface area contributed by atoms with E-state index in [0.29, 0.717) is 18.9 Å². The lowest BCUT2D eigenvalue weighted by atomic mass is 10.5. The minimum atomic E-state index is 0.619. The number of rotatable bonds is 4. The second kappa shape index (κ2) is 3.97. The van der Waals surface area contributed by atoms with Gasteiger partial charge in [0.15, 0.2) is 5.82 Å². The van der Waals surface area contributed by atoms with Gasteiger partial charge in [-0.15, -0.1) is 0 Å². The molecule has 10 heavy (non-hydrogen) atoms. The third-order valence-corrected chi connectivity index (χ3v) is 1.01. The molecule has 0 bridgehead atoms. The smallest absolute Gasteiger partial charge is 0.213 e. The van der Waals surface area contributed by atoms with Gasteiger partial charge in [0.2, 0.25) is 6.39 Å². The van der Waals surface area contributed by atoms with Gasteiger partial charge in [0.1, 0.15) is 0 Å². The molecule has 0 aliphatic rings. The molecule has 0 spiro atoms. The van der Waals surface area contributed by atoms with Crippen molar-refractivity contribution in [2.24, 2.45) is 5.73 Å². The van der Waals surface area contributed by atoms with Crippen LogP contribution in [0.4, 0.5) is 0 Å². The molecule has 5 nitrogen and oxygen atoms in total. The maximum atomic E-state index is 5.24. The maximum Gasteiger partial charge on any atom is 0.213 e. The quantitative estimate of drug-likeness (QED) is 0.534. The zero-order valence-electron chi connectivity index (χ0n) is 5.58. The van der Waals surface area contributed by atoms with Crippen molar-refractivity contribution in [1.82, 2.24) is 15.5 Å². The third-order valence-electron chi connectivity index (χ3n) is 1.01. The second-order valence-electron chi connectivity index (χ2n) is 1.81. The number of aromatic nitrogens is 2. The van der Waals surface area contributed by atoms with E-state index in [1.54, 1.807) is 0 Å². The summed E-state index contributed by atoms with van der Waals surface area (Å²) in [6.07, 6.45) is 1.31. The molecule has 5 heteroatoms. The first-order valence-corrected chi connectivity index (χ1v) is 3.09. The molecule has 0 unspecified atom stereocenters. The topological polar surface area (TPSA) is 77.0 Å². The van der Waals surface area contributed by atoms with E-state index in [9.17, 15) is 0 Å². The van der Waals surface area contributed by atoms with Crippen LogP contribution in [0.2, 0.25) is 0 Å². The Balaban J connectivity index is 2.15. The first-order valence-electron chi connectivity index (χ1n) is 3.09. The van der Waals surface area contributed by atoms with E-state index in [0.717, 1.165) is 6.54 Å². The van der Waals surface area contributed by atoms with E-state index < -0.39 is 0 Å². The molecule has 0 fully saturated rings. The lowest BCUT2D eigenvalue weighted by molar-refractivity contribution is 0.407. The molecule has 0 radical (unpaired) electrons. The van der Waals surface area contributed by atoms with Gasteiger partial charge in [-0.3, -0.25) is 0 Å². The fourth-order valence-electron chi connectivity index (χ4n) is 0.573. The Bertz CT molecular complexity index is 162. The van der Waals surface area contributed by atoms with Gasteiger partial charge in [-0.2, -0.15) is 4.98 Å². The van der Waals surface area contributed by atoms with Gasteiger partial charge >= 0.3 is 0 Å².